The highest BCUT2D eigenvalue weighted by molar-refractivity contribution is 7.99. The Hall–Kier alpha value is -2.56. The molecule has 0 bridgehead atoms. The number of halogens is 1. The molecule has 2 N–H and O–H groups in total. The van der Waals surface area contributed by atoms with E-state index in [1.165, 1.54) is 24.9 Å². The predicted octanol–water partition coefficient (Wildman–Crippen LogP) is 2.10. The van der Waals surface area contributed by atoms with Crippen LogP contribution in [0.25, 0.3) is 0 Å². The summed E-state index contributed by atoms with van der Waals surface area (Å²) < 4.78 is 18.7. The Kier molecular flexibility index (Phi) is 7.45. The molecular formula is C19H21FN3O2S+. The molecule has 2 rings (SSSR count). The summed E-state index contributed by atoms with van der Waals surface area (Å²) in [5, 5.41) is 11.6. The van der Waals surface area contributed by atoms with Gasteiger partial charge in [-0.05, 0) is 30.3 Å². The molecule has 0 aliphatic heterocycles. The molecule has 1 unspecified atom stereocenters. The summed E-state index contributed by atoms with van der Waals surface area (Å²) in [5.41, 5.74) is 1.49. The number of quaternary nitrogens is 1. The van der Waals surface area contributed by atoms with Crippen LogP contribution >= 0.6 is 11.8 Å². The van der Waals surface area contributed by atoms with Gasteiger partial charge in [0.1, 0.15) is 6.54 Å². The number of carbonyl (C=O) groups is 1. The highest BCUT2D eigenvalue weighted by atomic mass is 32.2. The average molecular weight is 374 g/mol. The zero-order valence-corrected chi connectivity index (χ0v) is 15.5. The smallest absolute Gasteiger partial charge is 0.279 e. The molecule has 0 saturated heterocycles. The molecule has 1 amide bonds. The van der Waals surface area contributed by atoms with Gasteiger partial charge in [-0.15, -0.1) is 11.8 Å². The molecule has 0 aliphatic carbocycles. The lowest BCUT2D eigenvalue weighted by molar-refractivity contribution is -0.885. The number of amides is 1. The van der Waals surface area contributed by atoms with Crippen LogP contribution in [0.15, 0.2) is 47.4 Å². The maximum Gasteiger partial charge on any atom is 0.279 e. The highest BCUT2D eigenvalue weighted by Gasteiger charge is 2.14. The van der Waals surface area contributed by atoms with Gasteiger partial charge in [-0.25, -0.2) is 4.39 Å². The summed E-state index contributed by atoms with van der Waals surface area (Å²) in [6, 6.07) is 14.3. The number of methoxy groups -OCH3 is 1. The average Bonchev–Trinajstić information content (AvgIpc) is 2.61. The minimum atomic E-state index is -0.411. The van der Waals surface area contributed by atoms with Crippen LogP contribution in [0.4, 0.5) is 10.1 Å². The van der Waals surface area contributed by atoms with Gasteiger partial charge in [-0.1, -0.05) is 12.1 Å². The van der Waals surface area contributed by atoms with E-state index in [-0.39, 0.29) is 18.2 Å². The van der Waals surface area contributed by atoms with Crippen molar-refractivity contribution in [2.75, 3.05) is 31.8 Å². The number of likely N-dealkylation sites (N-methyl/N-ethyl adjacent to an activating group) is 1. The number of para-hydroxylation sites is 1. The van der Waals surface area contributed by atoms with Crippen molar-refractivity contribution in [1.82, 2.24) is 0 Å². The SMILES string of the molecule is COc1ccc(C[NH+](C)CC(=O)Nc2ccccc2SCC#N)cc1F. The van der Waals surface area contributed by atoms with E-state index in [1.807, 2.05) is 31.3 Å². The van der Waals surface area contributed by atoms with Crippen molar-refractivity contribution in [1.29, 1.82) is 5.26 Å². The number of nitrogens with zero attached hydrogens (tertiary/aromatic N) is 1. The molecule has 0 fully saturated rings. The van der Waals surface area contributed by atoms with Gasteiger partial charge in [0.2, 0.25) is 0 Å². The third kappa shape index (κ3) is 5.76. The lowest BCUT2D eigenvalue weighted by Gasteiger charge is -2.15. The molecule has 26 heavy (non-hydrogen) atoms. The quantitative estimate of drug-likeness (QED) is 0.695. The number of benzene rings is 2. The van der Waals surface area contributed by atoms with E-state index in [0.717, 1.165) is 15.4 Å². The fraction of sp³-hybridized carbons (Fsp3) is 0.263. The lowest BCUT2D eigenvalue weighted by Crippen LogP contribution is -3.08. The van der Waals surface area contributed by atoms with Crippen molar-refractivity contribution in [2.24, 2.45) is 0 Å². The van der Waals surface area contributed by atoms with Gasteiger partial charge in [0.15, 0.2) is 18.1 Å². The number of anilines is 1. The number of hydrogen-bond donors (Lipinski definition) is 2. The molecular weight excluding hydrogens is 353 g/mol. The first-order valence-corrected chi connectivity index (χ1v) is 9.04. The van der Waals surface area contributed by atoms with Crippen LogP contribution in [-0.2, 0) is 11.3 Å². The van der Waals surface area contributed by atoms with E-state index in [0.29, 0.717) is 18.0 Å². The van der Waals surface area contributed by atoms with E-state index in [1.54, 1.807) is 12.1 Å². The Morgan fingerprint density at radius 1 is 1.35 bits per heavy atom. The van der Waals surface area contributed by atoms with E-state index in [4.69, 9.17) is 10.00 Å². The minimum absolute atomic E-state index is 0.138. The van der Waals surface area contributed by atoms with Gasteiger partial charge < -0.3 is 15.0 Å². The third-order valence-corrected chi connectivity index (χ3v) is 4.58. The zero-order chi connectivity index (χ0) is 18.9. The lowest BCUT2D eigenvalue weighted by atomic mass is 10.2. The molecule has 0 heterocycles. The number of nitriles is 1. The first-order valence-electron chi connectivity index (χ1n) is 8.06. The molecule has 1 atom stereocenters. The van der Waals surface area contributed by atoms with Crippen molar-refractivity contribution < 1.29 is 18.8 Å². The van der Waals surface area contributed by atoms with Crippen LogP contribution in [0.1, 0.15) is 5.56 Å². The Morgan fingerprint density at radius 2 is 2.12 bits per heavy atom. The number of rotatable bonds is 8. The third-order valence-electron chi connectivity index (χ3n) is 3.64. The number of carbonyl (C=O) groups excluding carboxylic acids is 1. The summed E-state index contributed by atoms with van der Waals surface area (Å²) in [5.74, 6) is -0.0241. The van der Waals surface area contributed by atoms with Crippen LogP contribution < -0.4 is 15.0 Å². The van der Waals surface area contributed by atoms with Crippen molar-refractivity contribution in [3.8, 4) is 11.8 Å². The van der Waals surface area contributed by atoms with Crippen LogP contribution in [0.2, 0.25) is 0 Å². The predicted molar refractivity (Wildman–Crippen MR) is 99.8 cm³/mol. The second-order valence-electron chi connectivity index (χ2n) is 5.77. The summed E-state index contributed by atoms with van der Waals surface area (Å²) >= 11 is 1.38. The van der Waals surface area contributed by atoms with Gasteiger partial charge in [-0.2, -0.15) is 5.26 Å². The van der Waals surface area contributed by atoms with Crippen molar-refractivity contribution in [3.05, 3.63) is 53.8 Å². The fourth-order valence-electron chi connectivity index (χ4n) is 2.51. The highest BCUT2D eigenvalue weighted by Crippen LogP contribution is 2.26. The van der Waals surface area contributed by atoms with Crippen LogP contribution in [0.3, 0.4) is 0 Å². The molecule has 0 aromatic heterocycles. The Balaban J connectivity index is 1.93. The summed E-state index contributed by atoms with van der Waals surface area (Å²) in [7, 11) is 3.30. The normalized spacial score (nSPS) is 11.5. The second-order valence-corrected chi connectivity index (χ2v) is 6.79. The molecule has 0 radical (unpaired) electrons. The van der Waals surface area contributed by atoms with Gasteiger partial charge in [0, 0.05) is 10.5 Å². The molecule has 136 valence electrons. The second kappa shape index (κ2) is 9.80. The monoisotopic (exact) mass is 374 g/mol. The largest absolute Gasteiger partial charge is 0.494 e. The van der Waals surface area contributed by atoms with Gasteiger partial charge >= 0.3 is 0 Å². The molecule has 0 spiro atoms. The van der Waals surface area contributed by atoms with Crippen molar-refractivity contribution >= 4 is 23.4 Å². The maximum absolute atomic E-state index is 13.8. The first-order chi connectivity index (χ1) is 12.5. The van der Waals surface area contributed by atoms with Crippen molar-refractivity contribution in [3.63, 3.8) is 0 Å². The van der Waals surface area contributed by atoms with E-state index in [9.17, 15) is 9.18 Å². The summed E-state index contributed by atoms with van der Waals surface area (Å²) in [6.45, 7) is 0.754. The minimum Gasteiger partial charge on any atom is -0.494 e. The molecule has 7 heteroatoms. The fourth-order valence-corrected chi connectivity index (χ4v) is 3.17. The Bertz CT molecular complexity index is 808. The summed E-state index contributed by atoms with van der Waals surface area (Å²) in [4.78, 5) is 14.1. The van der Waals surface area contributed by atoms with E-state index >= 15 is 0 Å². The van der Waals surface area contributed by atoms with Crippen LogP contribution in [0, 0.1) is 17.1 Å². The Labute approximate surface area is 156 Å². The molecule has 5 nitrogen and oxygen atoms in total. The molecule has 2 aromatic rings. The zero-order valence-electron chi connectivity index (χ0n) is 14.7. The standard InChI is InChI=1S/C19H20FN3O2S/c1-23(12-14-7-8-17(25-2)15(20)11-14)13-19(24)22-16-5-3-4-6-18(16)26-10-9-21/h3-8,11H,10,12-13H2,1-2H3,(H,22,24)/p+1. The van der Waals surface area contributed by atoms with Gasteiger partial charge in [-0.3, -0.25) is 4.79 Å². The van der Waals surface area contributed by atoms with E-state index < -0.39 is 5.82 Å². The van der Waals surface area contributed by atoms with E-state index in [2.05, 4.69) is 11.4 Å². The van der Waals surface area contributed by atoms with Gasteiger partial charge in [0.05, 0.1) is 31.7 Å². The number of ether oxygens (including phenoxy) is 1. The summed E-state index contributed by atoms with van der Waals surface area (Å²) in [6.07, 6.45) is 0. The van der Waals surface area contributed by atoms with Crippen LogP contribution in [0.5, 0.6) is 5.75 Å². The molecule has 0 saturated carbocycles. The Morgan fingerprint density at radius 3 is 2.81 bits per heavy atom. The molecule has 0 aliphatic rings. The number of thioether (sulfide) groups is 1. The molecule has 2 aromatic carbocycles. The number of hydrogen-bond acceptors (Lipinski definition) is 4. The van der Waals surface area contributed by atoms with Gasteiger partial charge in [0.25, 0.3) is 5.91 Å². The van der Waals surface area contributed by atoms with Crippen LogP contribution in [-0.4, -0.2) is 32.4 Å². The first kappa shape index (κ1) is 19.8. The topological polar surface area (TPSA) is 66.6 Å². The number of nitrogens with one attached hydrogen (secondary N) is 2. The van der Waals surface area contributed by atoms with Crippen molar-refractivity contribution in [2.45, 2.75) is 11.4 Å². The maximum atomic E-state index is 13.8.